The van der Waals surface area contributed by atoms with Crippen molar-refractivity contribution in [1.29, 1.82) is 0 Å². The van der Waals surface area contributed by atoms with Crippen LogP contribution in [0.5, 0.6) is 5.75 Å². The molecule has 8 nitrogen and oxygen atoms in total. The number of rotatable bonds is 6. The number of urea groups is 1. The zero-order chi connectivity index (χ0) is 20.4. The Labute approximate surface area is 166 Å². The highest BCUT2D eigenvalue weighted by Crippen LogP contribution is 2.22. The Balaban J connectivity index is 1.41. The Morgan fingerprint density at radius 3 is 2.83 bits per heavy atom. The highest BCUT2D eigenvalue weighted by atomic mass is 16.5. The number of benzene rings is 2. The number of fused-ring (bicyclic) bond motifs is 1. The van der Waals surface area contributed by atoms with Gasteiger partial charge in [-0.2, -0.15) is 0 Å². The van der Waals surface area contributed by atoms with Gasteiger partial charge in [0.1, 0.15) is 11.8 Å². The summed E-state index contributed by atoms with van der Waals surface area (Å²) in [5, 5.41) is 6.33. The van der Waals surface area contributed by atoms with Gasteiger partial charge >= 0.3 is 6.03 Å². The Morgan fingerprint density at radius 1 is 1.17 bits per heavy atom. The number of imide groups is 1. The summed E-state index contributed by atoms with van der Waals surface area (Å²) in [6.45, 7) is 0.0803. The third kappa shape index (κ3) is 3.77. The minimum atomic E-state index is -0.895. The number of nitrogens with one attached hydrogen (secondary N) is 3. The fourth-order valence-electron chi connectivity index (χ4n) is 3.40. The topological polar surface area (TPSA) is 104 Å². The maximum Gasteiger partial charge on any atom is 0.325 e. The molecule has 2 heterocycles. The van der Waals surface area contributed by atoms with E-state index in [1.54, 1.807) is 18.2 Å². The summed E-state index contributed by atoms with van der Waals surface area (Å²) in [5.74, 6) is -0.190. The molecule has 29 heavy (non-hydrogen) atoms. The van der Waals surface area contributed by atoms with E-state index < -0.39 is 18.0 Å². The van der Waals surface area contributed by atoms with Crippen LogP contribution in [0.4, 0.5) is 10.5 Å². The third-order valence-corrected chi connectivity index (χ3v) is 4.85. The number of H-pyrrole nitrogens is 1. The fourth-order valence-corrected chi connectivity index (χ4v) is 3.40. The van der Waals surface area contributed by atoms with Crippen molar-refractivity contribution in [3.05, 3.63) is 60.3 Å². The van der Waals surface area contributed by atoms with E-state index in [1.165, 1.54) is 7.11 Å². The molecule has 0 radical (unpaired) electrons. The molecule has 1 saturated heterocycles. The number of hydrogen-bond donors (Lipinski definition) is 3. The predicted octanol–water partition coefficient (Wildman–Crippen LogP) is 2.63. The second-order valence-electron chi connectivity index (χ2n) is 6.77. The van der Waals surface area contributed by atoms with Crippen molar-refractivity contribution < 1.29 is 19.1 Å². The molecule has 4 rings (SSSR count). The molecule has 0 spiro atoms. The number of hydrogen-bond acceptors (Lipinski definition) is 4. The Hall–Kier alpha value is -3.81. The monoisotopic (exact) mass is 392 g/mol. The quantitative estimate of drug-likeness (QED) is 0.561. The van der Waals surface area contributed by atoms with Crippen molar-refractivity contribution in [3.63, 3.8) is 0 Å². The van der Waals surface area contributed by atoms with E-state index in [9.17, 15) is 14.4 Å². The minimum Gasteiger partial charge on any atom is -0.496 e. The first-order chi connectivity index (χ1) is 14.0. The molecular formula is C21H20N4O4. The van der Waals surface area contributed by atoms with Crippen LogP contribution in [0.2, 0.25) is 0 Å². The van der Waals surface area contributed by atoms with E-state index in [4.69, 9.17) is 4.74 Å². The molecule has 8 heteroatoms. The number of anilines is 1. The number of para-hydroxylation sites is 1. The van der Waals surface area contributed by atoms with Crippen LogP contribution in [0.1, 0.15) is 12.0 Å². The molecule has 4 amide bonds. The lowest BCUT2D eigenvalue weighted by Gasteiger charge is -2.15. The number of carbonyl (C=O) groups is 3. The van der Waals surface area contributed by atoms with Crippen molar-refractivity contribution in [2.24, 2.45) is 0 Å². The van der Waals surface area contributed by atoms with Gasteiger partial charge in [-0.1, -0.05) is 18.2 Å². The van der Waals surface area contributed by atoms with E-state index in [2.05, 4.69) is 15.6 Å². The number of carbonyl (C=O) groups excluding carboxylic acids is 3. The van der Waals surface area contributed by atoms with Crippen molar-refractivity contribution in [2.45, 2.75) is 19.0 Å². The van der Waals surface area contributed by atoms with Gasteiger partial charge in [-0.15, -0.1) is 0 Å². The summed E-state index contributed by atoms with van der Waals surface area (Å²) in [7, 11) is 1.53. The summed E-state index contributed by atoms with van der Waals surface area (Å²) in [4.78, 5) is 41.5. The lowest BCUT2D eigenvalue weighted by molar-refractivity contribution is -0.130. The summed E-state index contributed by atoms with van der Waals surface area (Å²) in [5.41, 5.74) is 2.31. The van der Waals surface area contributed by atoms with Crippen molar-refractivity contribution in [1.82, 2.24) is 15.2 Å². The molecule has 2 aromatic carbocycles. The van der Waals surface area contributed by atoms with E-state index >= 15 is 0 Å². The number of aromatic amines is 1. The van der Waals surface area contributed by atoms with E-state index in [-0.39, 0.29) is 18.9 Å². The van der Waals surface area contributed by atoms with Gasteiger partial charge in [0, 0.05) is 28.4 Å². The van der Waals surface area contributed by atoms with Crippen LogP contribution in [0.3, 0.4) is 0 Å². The minimum absolute atomic E-state index is 0.0803. The van der Waals surface area contributed by atoms with Gasteiger partial charge < -0.3 is 20.4 Å². The first-order valence-corrected chi connectivity index (χ1v) is 9.16. The van der Waals surface area contributed by atoms with Crippen molar-refractivity contribution >= 4 is 34.4 Å². The zero-order valence-corrected chi connectivity index (χ0v) is 15.8. The van der Waals surface area contributed by atoms with Crippen LogP contribution in [0.15, 0.2) is 54.7 Å². The van der Waals surface area contributed by atoms with Crippen molar-refractivity contribution in [3.8, 4) is 5.75 Å². The van der Waals surface area contributed by atoms with Gasteiger partial charge in [0.05, 0.1) is 20.1 Å². The SMILES string of the molecule is COc1ccccc1CN1C(=O)N[C@H](CC(=O)Nc2ccc3[nH]ccc3c2)C1=O. The van der Waals surface area contributed by atoms with Gasteiger partial charge in [0.2, 0.25) is 5.91 Å². The second kappa shape index (κ2) is 7.67. The number of aromatic nitrogens is 1. The van der Waals surface area contributed by atoms with Gasteiger partial charge in [-0.25, -0.2) is 4.79 Å². The summed E-state index contributed by atoms with van der Waals surface area (Å²) in [6, 6.07) is 13.1. The van der Waals surface area contributed by atoms with Crippen LogP contribution < -0.4 is 15.4 Å². The molecule has 3 N–H and O–H groups in total. The lowest BCUT2D eigenvalue weighted by Crippen LogP contribution is -2.34. The summed E-state index contributed by atoms with van der Waals surface area (Å²) in [6.07, 6.45) is 1.68. The van der Waals surface area contributed by atoms with Gasteiger partial charge in [-0.3, -0.25) is 14.5 Å². The molecule has 0 aliphatic carbocycles. The molecule has 148 valence electrons. The molecule has 1 atom stereocenters. The molecule has 1 aliphatic heterocycles. The van der Waals surface area contributed by atoms with Crippen molar-refractivity contribution in [2.75, 3.05) is 12.4 Å². The van der Waals surface area contributed by atoms with E-state index in [0.717, 1.165) is 15.8 Å². The Kier molecular flexibility index (Phi) is 4.90. The molecule has 0 saturated carbocycles. The number of amides is 4. The van der Waals surface area contributed by atoms with Crippen LogP contribution in [-0.4, -0.2) is 40.9 Å². The van der Waals surface area contributed by atoms with Gasteiger partial charge in [-0.05, 0) is 30.3 Å². The Bertz CT molecular complexity index is 1090. The number of ether oxygens (including phenoxy) is 1. The highest BCUT2D eigenvalue weighted by molar-refractivity contribution is 6.07. The fraction of sp³-hybridized carbons (Fsp3) is 0.190. The molecule has 1 aliphatic rings. The van der Waals surface area contributed by atoms with Crippen LogP contribution in [0.25, 0.3) is 10.9 Å². The normalized spacial score (nSPS) is 16.2. The van der Waals surface area contributed by atoms with E-state index in [1.807, 2.05) is 36.5 Å². The second-order valence-corrected chi connectivity index (χ2v) is 6.77. The summed E-state index contributed by atoms with van der Waals surface area (Å²) < 4.78 is 5.27. The smallest absolute Gasteiger partial charge is 0.325 e. The largest absolute Gasteiger partial charge is 0.496 e. The molecule has 0 unspecified atom stereocenters. The van der Waals surface area contributed by atoms with E-state index in [0.29, 0.717) is 17.0 Å². The first-order valence-electron chi connectivity index (χ1n) is 9.16. The maximum absolute atomic E-state index is 12.7. The predicted molar refractivity (Wildman–Crippen MR) is 107 cm³/mol. The molecular weight excluding hydrogens is 372 g/mol. The average Bonchev–Trinajstić information content (AvgIpc) is 3.28. The molecule has 3 aromatic rings. The van der Waals surface area contributed by atoms with Crippen LogP contribution in [0, 0.1) is 0 Å². The molecule has 0 bridgehead atoms. The number of methoxy groups -OCH3 is 1. The van der Waals surface area contributed by atoms with Gasteiger partial charge in [0.25, 0.3) is 5.91 Å². The standard InChI is InChI=1S/C21H20N4O4/c1-29-18-5-3-2-4-14(18)12-25-20(27)17(24-21(25)28)11-19(26)23-15-6-7-16-13(10-15)8-9-22-16/h2-10,17,22H,11-12H2,1H3,(H,23,26)(H,24,28)/t17-/m1/s1. The van der Waals surface area contributed by atoms with Crippen LogP contribution in [-0.2, 0) is 16.1 Å². The average molecular weight is 392 g/mol. The first kappa shape index (κ1) is 18.5. The Morgan fingerprint density at radius 2 is 2.00 bits per heavy atom. The molecule has 1 fully saturated rings. The molecule has 1 aromatic heterocycles. The summed E-state index contributed by atoms with van der Waals surface area (Å²) >= 11 is 0. The third-order valence-electron chi connectivity index (χ3n) is 4.85. The highest BCUT2D eigenvalue weighted by Gasteiger charge is 2.39. The van der Waals surface area contributed by atoms with Crippen LogP contribution >= 0.6 is 0 Å². The maximum atomic E-state index is 12.7. The zero-order valence-electron chi connectivity index (χ0n) is 15.8. The lowest BCUT2D eigenvalue weighted by atomic mass is 10.1. The van der Waals surface area contributed by atoms with Gasteiger partial charge in [0.15, 0.2) is 0 Å². The number of nitrogens with zero attached hydrogens (tertiary/aromatic N) is 1.